The number of terminal acetylenes is 1. The average molecular weight is 187 g/mol. The van der Waals surface area contributed by atoms with Gasteiger partial charge >= 0.3 is 0 Å². The number of rotatable bonds is 0. The quantitative estimate of drug-likeness (QED) is 0.578. The van der Waals surface area contributed by atoms with E-state index in [2.05, 4.69) is 10.9 Å². The van der Waals surface area contributed by atoms with Crippen molar-refractivity contribution in [3.05, 3.63) is 53.0 Å². The molecule has 0 aromatic carbocycles. The smallest absolute Gasteiger partial charge is 0.112 e. The Labute approximate surface area is 82.1 Å². The first-order chi connectivity index (χ1) is 6.43. The fraction of sp³-hybridized carbons (Fsp3) is 0. The molecule has 0 saturated heterocycles. The van der Waals surface area contributed by atoms with E-state index < -0.39 is 0 Å². The van der Waals surface area contributed by atoms with Crippen molar-refractivity contribution in [2.24, 2.45) is 0 Å². The van der Waals surface area contributed by atoms with Crippen LogP contribution in [0.4, 0.5) is 0 Å². The van der Waals surface area contributed by atoms with Gasteiger partial charge in [0.15, 0.2) is 0 Å². The first-order valence-corrected chi connectivity index (χ1v) is 4.72. The molecule has 2 aromatic rings. The van der Waals surface area contributed by atoms with Crippen LogP contribution in [0.2, 0.25) is 0 Å². The van der Waals surface area contributed by atoms with Crippen molar-refractivity contribution in [1.82, 2.24) is 4.98 Å². The molecule has 0 aliphatic carbocycles. The van der Waals surface area contributed by atoms with E-state index >= 15 is 0 Å². The van der Waals surface area contributed by atoms with Crippen molar-refractivity contribution in [3.8, 4) is 12.3 Å². The Morgan fingerprint density at radius 2 is 1.92 bits per heavy atom. The maximum atomic E-state index is 5.04. The maximum Gasteiger partial charge on any atom is 0.112 e. The molecule has 0 N–H and O–H groups in total. The molecule has 0 fully saturated rings. The Kier molecular flexibility index (Phi) is 4.37. The Hall–Kier alpha value is -1.59. The third-order valence-corrected chi connectivity index (χ3v) is 1.87. The first kappa shape index (κ1) is 9.50. The molecule has 13 heavy (non-hydrogen) atoms. The SMILES string of the molecule is C#Cc1ccccn1.c1ccsc1. The summed E-state index contributed by atoms with van der Waals surface area (Å²) >= 11 is 1.71. The van der Waals surface area contributed by atoms with Crippen LogP contribution in [0.25, 0.3) is 0 Å². The molecule has 0 atom stereocenters. The van der Waals surface area contributed by atoms with Gasteiger partial charge in [0.1, 0.15) is 5.69 Å². The normalized spacial score (nSPS) is 7.92. The zero-order valence-electron chi connectivity index (χ0n) is 7.05. The second-order valence-corrected chi connectivity index (χ2v) is 2.97. The molecule has 2 heteroatoms. The number of thiophene rings is 1. The molecule has 2 heterocycles. The van der Waals surface area contributed by atoms with Gasteiger partial charge in [0.25, 0.3) is 0 Å². The van der Waals surface area contributed by atoms with Crippen LogP contribution in [-0.4, -0.2) is 4.98 Å². The van der Waals surface area contributed by atoms with E-state index in [0.29, 0.717) is 5.69 Å². The van der Waals surface area contributed by atoms with E-state index in [1.165, 1.54) is 0 Å². The van der Waals surface area contributed by atoms with E-state index in [4.69, 9.17) is 6.42 Å². The number of pyridine rings is 1. The van der Waals surface area contributed by atoms with Gasteiger partial charge in [-0.05, 0) is 22.9 Å². The molecule has 0 radical (unpaired) electrons. The van der Waals surface area contributed by atoms with E-state index in [1.807, 2.05) is 35.0 Å². The highest BCUT2D eigenvalue weighted by molar-refractivity contribution is 7.07. The van der Waals surface area contributed by atoms with Gasteiger partial charge in [0.05, 0.1) is 0 Å². The van der Waals surface area contributed by atoms with Crippen LogP contribution in [0, 0.1) is 12.3 Å². The number of hydrogen-bond donors (Lipinski definition) is 0. The van der Waals surface area contributed by atoms with Gasteiger partial charge in [-0.15, -0.1) is 6.42 Å². The standard InChI is InChI=1S/C7H5N.C4H4S/c1-2-7-5-3-4-6-8-7;1-2-4-5-3-1/h1,3-6H;1-4H. The predicted molar refractivity (Wildman–Crippen MR) is 56.5 cm³/mol. The molecule has 0 aliphatic rings. The molecule has 0 unspecified atom stereocenters. The van der Waals surface area contributed by atoms with Crippen LogP contribution in [0.1, 0.15) is 5.69 Å². The molecular weight excluding hydrogens is 178 g/mol. The lowest BCUT2D eigenvalue weighted by Gasteiger charge is -1.81. The zero-order valence-corrected chi connectivity index (χ0v) is 7.87. The van der Waals surface area contributed by atoms with Crippen LogP contribution in [0.15, 0.2) is 47.3 Å². The summed E-state index contributed by atoms with van der Waals surface area (Å²) in [5, 5.41) is 4.08. The molecule has 0 bridgehead atoms. The molecule has 0 spiro atoms. The molecule has 2 rings (SSSR count). The summed E-state index contributed by atoms with van der Waals surface area (Å²) in [6, 6.07) is 9.53. The van der Waals surface area contributed by atoms with Gasteiger partial charge in [0, 0.05) is 6.20 Å². The Morgan fingerprint density at radius 3 is 2.23 bits per heavy atom. The van der Waals surface area contributed by atoms with Gasteiger partial charge in [-0.25, -0.2) is 4.98 Å². The Bertz CT molecular complexity index is 328. The second kappa shape index (κ2) is 5.99. The number of hydrogen-bond acceptors (Lipinski definition) is 2. The van der Waals surface area contributed by atoms with E-state index in [9.17, 15) is 0 Å². The Morgan fingerprint density at radius 1 is 1.15 bits per heavy atom. The number of aromatic nitrogens is 1. The molecule has 0 saturated carbocycles. The van der Waals surface area contributed by atoms with Crippen molar-refractivity contribution in [2.75, 3.05) is 0 Å². The minimum Gasteiger partial charge on any atom is -0.248 e. The van der Waals surface area contributed by atoms with Gasteiger partial charge in [-0.2, -0.15) is 11.3 Å². The minimum atomic E-state index is 0.688. The summed E-state index contributed by atoms with van der Waals surface area (Å²) in [6.07, 6.45) is 6.71. The highest BCUT2D eigenvalue weighted by atomic mass is 32.1. The van der Waals surface area contributed by atoms with Gasteiger partial charge in [-0.3, -0.25) is 0 Å². The molecule has 0 amide bonds. The van der Waals surface area contributed by atoms with Gasteiger partial charge in [0.2, 0.25) is 0 Å². The van der Waals surface area contributed by atoms with Gasteiger partial charge < -0.3 is 0 Å². The lowest BCUT2D eigenvalue weighted by molar-refractivity contribution is 1.29. The highest BCUT2D eigenvalue weighted by Crippen LogP contribution is 1.91. The maximum absolute atomic E-state index is 5.04. The van der Waals surface area contributed by atoms with Crippen LogP contribution in [0.3, 0.4) is 0 Å². The van der Waals surface area contributed by atoms with Gasteiger partial charge in [-0.1, -0.05) is 24.1 Å². The van der Waals surface area contributed by atoms with Crippen molar-refractivity contribution in [3.63, 3.8) is 0 Å². The van der Waals surface area contributed by atoms with Crippen LogP contribution in [0.5, 0.6) is 0 Å². The van der Waals surface area contributed by atoms with Crippen molar-refractivity contribution < 1.29 is 0 Å². The molecule has 64 valence electrons. The summed E-state index contributed by atoms with van der Waals surface area (Å²) in [5.74, 6) is 2.42. The van der Waals surface area contributed by atoms with E-state index in [0.717, 1.165) is 0 Å². The molecule has 1 nitrogen and oxygen atoms in total. The monoisotopic (exact) mass is 187 g/mol. The molecule has 0 aliphatic heterocycles. The van der Waals surface area contributed by atoms with Crippen LogP contribution in [-0.2, 0) is 0 Å². The first-order valence-electron chi connectivity index (χ1n) is 3.78. The predicted octanol–water partition coefficient (Wildman–Crippen LogP) is 2.81. The Balaban J connectivity index is 0.000000145. The average Bonchev–Trinajstić information content (AvgIpc) is 2.77. The zero-order chi connectivity index (χ0) is 9.36. The largest absolute Gasteiger partial charge is 0.248 e. The second-order valence-electron chi connectivity index (χ2n) is 2.15. The summed E-state index contributed by atoms with van der Waals surface area (Å²) < 4.78 is 0. The third kappa shape index (κ3) is 4.09. The van der Waals surface area contributed by atoms with E-state index in [-0.39, 0.29) is 0 Å². The highest BCUT2D eigenvalue weighted by Gasteiger charge is 1.78. The summed E-state index contributed by atoms with van der Waals surface area (Å²) in [6.45, 7) is 0. The number of nitrogens with zero attached hydrogens (tertiary/aromatic N) is 1. The summed E-state index contributed by atoms with van der Waals surface area (Å²) in [5.41, 5.74) is 0.688. The van der Waals surface area contributed by atoms with Crippen LogP contribution < -0.4 is 0 Å². The molecule has 2 aromatic heterocycles. The fourth-order valence-corrected chi connectivity index (χ4v) is 1.13. The molecular formula is C11H9NS. The topological polar surface area (TPSA) is 12.9 Å². The third-order valence-electron chi connectivity index (χ3n) is 1.24. The lowest BCUT2D eigenvalue weighted by atomic mass is 10.4. The fourth-order valence-electron chi connectivity index (χ4n) is 0.675. The van der Waals surface area contributed by atoms with Crippen molar-refractivity contribution in [2.45, 2.75) is 0 Å². The summed E-state index contributed by atoms with van der Waals surface area (Å²) in [7, 11) is 0. The van der Waals surface area contributed by atoms with Crippen LogP contribution >= 0.6 is 11.3 Å². The lowest BCUT2D eigenvalue weighted by Crippen LogP contribution is -1.75. The van der Waals surface area contributed by atoms with Crippen molar-refractivity contribution in [1.29, 1.82) is 0 Å². The minimum absolute atomic E-state index is 0.688. The van der Waals surface area contributed by atoms with E-state index in [1.54, 1.807) is 23.6 Å². The van der Waals surface area contributed by atoms with Crippen molar-refractivity contribution >= 4 is 11.3 Å². The summed E-state index contributed by atoms with van der Waals surface area (Å²) in [4.78, 5) is 3.86.